The first-order valence-corrected chi connectivity index (χ1v) is 12.2. The predicted octanol–water partition coefficient (Wildman–Crippen LogP) is 3.26. The van der Waals surface area contributed by atoms with Gasteiger partial charge < -0.3 is 9.47 Å². The zero-order valence-corrected chi connectivity index (χ0v) is 19.5. The Labute approximate surface area is 193 Å². The van der Waals surface area contributed by atoms with Crippen molar-refractivity contribution < 1.29 is 32.3 Å². The summed E-state index contributed by atoms with van der Waals surface area (Å²) >= 11 is 0. The van der Waals surface area contributed by atoms with Crippen molar-refractivity contribution in [3.63, 3.8) is 0 Å². The number of ether oxygens (including phenoxy) is 2. The third kappa shape index (κ3) is 5.85. The molecule has 1 saturated heterocycles. The number of rotatable bonds is 9. The highest BCUT2D eigenvalue weighted by Gasteiger charge is 2.38. The molecular formula is C24H27NO7S. The molecule has 33 heavy (non-hydrogen) atoms. The smallest absolute Gasteiger partial charge is 0.324 e. The van der Waals surface area contributed by atoms with E-state index in [-0.39, 0.29) is 36.2 Å². The van der Waals surface area contributed by atoms with Crippen molar-refractivity contribution in [2.75, 3.05) is 19.8 Å². The maximum absolute atomic E-state index is 13.2. The number of ketones is 2. The molecule has 1 aliphatic rings. The number of sulfonamides is 1. The van der Waals surface area contributed by atoms with Gasteiger partial charge in [-0.2, -0.15) is 4.31 Å². The van der Waals surface area contributed by atoms with Gasteiger partial charge in [0.25, 0.3) is 0 Å². The summed E-state index contributed by atoms with van der Waals surface area (Å²) in [5, 5.41) is 0. The lowest BCUT2D eigenvalue weighted by Gasteiger charge is -2.33. The molecule has 0 N–H and O–H groups in total. The van der Waals surface area contributed by atoms with Crippen LogP contribution in [0.1, 0.15) is 53.8 Å². The van der Waals surface area contributed by atoms with Crippen molar-refractivity contribution in [2.24, 2.45) is 0 Å². The van der Waals surface area contributed by atoms with Crippen LogP contribution < -0.4 is 4.74 Å². The van der Waals surface area contributed by atoms with Crippen LogP contribution in [0.25, 0.3) is 0 Å². The van der Waals surface area contributed by atoms with Crippen molar-refractivity contribution in [1.82, 2.24) is 4.31 Å². The van der Waals surface area contributed by atoms with E-state index < -0.39 is 22.0 Å². The summed E-state index contributed by atoms with van der Waals surface area (Å²) < 4.78 is 38.4. The SMILES string of the molecule is CC(=O)c1ccc(S(=O)(=O)N2CCCC[C@H]2C(=O)OCCOc2ccccc2C(C)=O)cc1. The standard InChI is InChI=1S/C24H27NO7S/c1-17(26)19-10-12-20(13-11-19)33(29,30)25-14-6-5-8-22(25)24(28)32-16-15-31-23-9-4-3-7-21(23)18(2)27/h3-4,7,9-13,22H,5-6,8,14-16H2,1-2H3/t22-/m0/s1. The quantitative estimate of drug-likeness (QED) is 0.313. The highest BCUT2D eigenvalue weighted by Crippen LogP contribution is 2.26. The Morgan fingerprint density at radius 1 is 0.939 bits per heavy atom. The lowest BCUT2D eigenvalue weighted by atomic mass is 10.1. The molecule has 0 saturated carbocycles. The fourth-order valence-corrected chi connectivity index (χ4v) is 5.35. The second kappa shape index (κ2) is 10.7. The lowest BCUT2D eigenvalue weighted by Crippen LogP contribution is -2.48. The van der Waals surface area contributed by atoms with E-state index in [4.69, 9.17) is 9.47 Å². The van der Waals surface area contributed by atoms with Gasteiger partial charge in [0.2, 0.25) is 10.0 Å². The van der Waals surface area contributed by atoms with Gasteiger partial charge in [0.15, 0.2) is 11.6 Å². The molecule has 2 aromatic rings. The Bertz CT molecular complexity index is 1130. The number of piperidine rings is 1. The number of carbonyl (C=O) groups is 3. The Morgan fingerprint density at radius 3 is 2.30 bits per heavy atom. The molecule has 3 rings (SSSR count). The molecule has 1 atom stereocenters. The van der Waals surface area contributed by atoms with E-state index in [1.54, 1.807) is 24.3 Å². The van der Waals surface area contributed by atoms with Crippen molar-refractivity contribution in [3.8, 4) is 5.75 Å². The molecule has 1 heterocycles. The van der Waals surface area contributed by atoms with Crippen LogP contribution in [-0.4, -0.2) is 56.1 Å². The van der Waals surface area contributed by atoms with Gasteiger partial charge in [-0.3, -0.25) is 14.4 Å². The van der Waals surface area contributed by atoms with Crippen LogP contribution in [0.4, 0.5) is 0 Å². The molecule has 1 aliphatic heterocycles. The summed E-state index contributed by atoms with van der Waals surface area (Å²) in [5.41, 5.74) is 0.846. The van der Waals surface area contributed by atoms with Gasteiger partial charge in [0, 0.05) is 12.1 Å². The fraction of sp³-hybridized carbons (Fsp3) is 0.375. The largest absolute Gasteiger partial charge is 0.489 e. The fourth-order valence-electron chi connectivity index (χ4n) is 3.70. The molecule has 2 aromatic carbocycles. The van der Waals surface area contributed by atoms with Gasteiger partial charge in [0.1, 0.15) is 25.0 Å². The number of para-hydroxylation sites is 1. The summed E-state index contributed by atoms with van der Waals surface area (Å²) in [7, 11) is -3.93. The van der Waals surface area contributed by atoms with Gasteiger partial charge >= 0.3 is 5.97 Å². The van der Waals surface area contributed by atoms with Crippen LogP contribution in [0.3, 0.4) is 0 Å². The number of esters is 1. The lowest BCUT2D eigenvalue weighted by molar-refractivity contribution is -0.149. The first-order valence-electron chi connectivity index (χ1n) is 10.7. The third-order valence-corrected chi connectivity index (χ3v) is 7.37. The molecule has 9 heteroatoms. The zero-order valence-electron chi connectivity index (χ0n) is 18.7. The van der Waals surface area contributed by atoms with Crippen LogP contribution in [0.5, 0.6) is 5.75 Å². The normalized spacial score (nSPS) is 16.7. The number of hydrogen-bond donors (Lipinski definition) is 0. The molecular weight excluding hydrogens is 446 g/mol. The minimum Gasteiger partial charge on any atom is -0.489 e. The molecule has 0 amide bonds. The second-order valence-corrected chi connectivity index (χ2v) is 9.67. The Balaban J connectivity index is 1.64. The highest BCUT2D eigenvalue weighted by atomic mass is 32.2. The monoisotopic (exact) mass is 473 g/mol. The summed E-state index contributed by atoms with van der Waals surface area (Å²) in [6, 6.07) is 11.5. The molecule has 0 radical (unpaired) electrons. The summed E-state index contributed by atoms with van der Waals surface area (Å²) in [6.45, 7) is 3.00. The van der Waals surface area contributed by atoms with Crippen LogP contribution >= 0.6 is 0 Å². The van der Waals surface area contributed by atoms with Crippen molar-refractivity contribution in [1.29, 1.82) is 0 Å². The molecule has 0 aliphatic carbocycles. The first kappa shape index (κ1) is 24.6. The van der Waals surface area contributed by atoms with Gasteiger partial charge in [0.05, 0.1) is 10.5 Å². The van der Waals surface area contributed by atoms with E-state index in [0.29, 0.717) is 36.1 Å². The van der Waals surface area contributed by atoms with Crippen molar-refractivity contribution in [3.05, 3.63) is 59.7 Å². The van der Waals surface area contributed by atoms with E-state index in [9.17, 15) is 22.8 Å². The van der Waals surface area contributed by atoms with Gasteiger partial charge in [-0.25, -0.2) is 8.42 Å². The maximum atomic E-state index is 13.2. The highest BCUT2D eigenvalue weighted by molar-refractivity contribution is 7.89. The number of hydrogen-bond acceptors (Lipinski definition) is 7. The minimum atomic E-state index is -3.93. The van der Waals surface area contributed by atoms with E-state index in [2.05, 4.69) is 0 Å². The molecule has 0 unspecified atom stereocenters. The maximum Gasteiger partial charge on any atom is 0.324 e. The van der Waals surface area contributed by atoms with Crippen molar-refractivity contribution >= 4 is 27.6 Å². The Morgan fingerprint density at radius 2 is 1.64 bits per heavy atom. The topological polar surface area (TPSA) is 107 Å². The van der Waals surface area contributed by atoms with Crippen LogP contribution in [0.15, 0.2) is 53.4 Å². The Kier molecular flexibility index (Phi) is 7.99. The average molecular weight is 474 g/mol. The number of carbonyl (C=O) groups excluding carboxylic acids is 3. The summed E-state index contributed by atoms with van der Waals surface area (Å²) in [5.74, 6) is -0.535. The van der Waals surface area contributed by atoms with Gasteiger partial charge in [-0.05, 0) is 57.4 Å². The van der Waals surface area contributed by atoms with Crippen LogP contribution in [0.2, 0.25) is 0 Å². The molecule has 176 valence electrons. The van der Waals surface area contributed by atoms with E-state index in [0.717, 1.165) is 0 Å². The second-order valence-electron chi connectivity index (χ2n) is 7.78. The molecule has 1 fully saturated rings. The first-order chi connectivity index (χ1) is 15.7. The number of benzene rings is 2. The van der Waals surface area contributed by atoms with Gasteiger partial charge in [-0.15, -0.1) is 0 Å². The summed E-state index contributed by atoms with van der Waals surface area (Å²) in [6.07, 6.45) is 1.70. The zero-order chi connectivity index (χ0) is 24.0. The third-order valence-electron chi connectivity index (χ3n) is 5.44. The summed E-state index contributed by atoms with van der Waals surface area (Å²) in [4.78, 5) is 35.9. The van der Waals surface area contributed by atoms with Gasteiger partial charge in [-0.1, -0.05) is 24.3 Å². The average Bonchev–Trinajstić information content (AvgIpc) is 2.82. The van der Waals surface area contributed by atoms with E-state index in [1.165, 1.54) is 42.4 Å². The van der Waals surface area contributed by atoms with Crippen molar-refractivity contribution in [2.45, 2.75) is 44.0 Å². The molecule has 0 bridgehead atoms. The number of nitrogens with zero attached hydrogens (tertiary/aromatic N) is 1. The minimum absolute atomic E-state index is 0.0244. The predicted molar refractivity (Wildman–Crippen MR) is 121 cm³/mol. The van der Waals surface area contributed by atoms with Crippen LogP contribution in [0, 0.1) is 0 Å². The molecule has 8 nitrogen and oxygen atoms in total. The molecule has 0 spiro atoms. The Hall–Kier alpha value is -3.04. The molecule has 0 aromatic heterocycles. The van der Waals surface area contributed by atoms with E-state index in [1.807, 2.05) is 0 Å². The van der Waals surface area contributed by atoms with E-state index >= 15 is 0 Å². The van der Waals surface area contributed by atoms with Crippen LogP contribution in [-0.2, 0) is 19.6 Å². The number of Topliss-reactive ketones (excluding diaryl/α,β-unsaturated/α-hetero) is 2.